The van der Waals surface area contributed by atoms with Gasteiger partial charge >= 0.3 is 5.97 Å². The summed E-state index contributed by atoms with van der Waals surface area (Å²) in [7, 11) is 3.21. The average Bonchev–Trinajstić information content (AvgIpc) is 2.76. The molecule has 1 aliphatic rings. The van der Waals surface area contributed by atoms with Crippen molar-refractivity contribution < 1.29 is 23.8 Å². The van der Waals surface area contributed by atoms with Gasteiger partial charge in [-0.25, -0.2) is 4.99 Å². The van der Waals surface area contributed by atoms with Crippen LogP contribution in [0.15, 0.2) is 17.1 Å². The van der Waals surface area contributed by atoms with E-state index in [2.05, 4.69) is 46.9 Å². The van der Waals surface area contributed by atoms with Crippen molar-refractivity contribution in [2.45, 2.75) is 97.7 Å². The van der Waals surface area contributed by atoms with E-state index < -0.39 is 6.04 Å². The number of benzene rings is 1. The highest BCUT2D eigenvalue weighted by atomic mass is 16.5. The van der Waals surface area contributed by atoms with Crippen molar-refractivity contribution in [3.63, 3.8) is 0 Å². The summed E-state index contributed by atoms with van der Waals surface area (Å²) in [5.74, 6) is 1.46. The quantitative estimate of drug-likeness (QED) is 0.336. The van der Waals surface area contributed by atoms with E-state index in [-0.39, 0.29) is 47.1 Å². The van der Waals surface area contributed by atoms with Gasteiger partial charge in [0, 0.05) is 11.1 Å². The second kappa shape index (κ2) is 11.1. The molecule has 1 N–H and O–H groups in total. The van der Waals surface area contributed by atoms with E-state index in [0.717, 1.165) is 23.2 Å². The summed E-state index contributed by atoms with van der Waals surface area (Å²) in [6.07, 6.45) is 1.03. The van der Waals surface area contributed by atoms with Crippen molar-refractivity contribution in [3.8, 4) is 11.5 Å². The van der Waals surface area contributed by atoms with Gasteiger partial charge < -0.3 is 19.0 Å². The van der Waals surface area contributed by atoms with Gasteiger partial charge in [-0.15, -0.1) is 0 Å². The fourth-order valence-electron chi connectivity index (χ4n) is 4.44. The van der Waals surface area contributed by atoms with E-state index in [4.69, 9.17) is 19.2 Å². The van der Waals surface area contributed by atoms with Crippen LogP contribution in [-0.2, 0) is 25.2 Å². The Morgan fingerprint density at radius 2 is 1.57 bits per heavy atom. The van der Waals surface area contributed by atoms with Crippen LogP contribution in [0, 0.1) is 11.8 Å². The van der Waals surface area contributed by atoms with Crippen LogP contribution < -0.4 is 14.8 Å². The van der Waals surface area contributed by atoms with Gasteiger partial charge in [0.15, 0.2) is 0 Å². The number of hydrogen-bond donors (Lipinski definition) is 1. The lowest BCUT2D eigenvalue weighted by Gasteiger charge is -2.36. The third-order valence-corrected chi connectivity index (χ3v) is 6.51. The van der Waals surface area contributed by atoms with Crippen molar-refractivity contribution in [1.29, 1.82) is 0 Å². The number of aliphatic imine (C=N–C) groups is 1. The first-order chi connectivity index (χ1) is 16.1. The molecule has 0 amide bonds. The molecule has 0 spiro atoms. The number of methoxy groups -OCH3 is 2. The second-order valence-corrected chi connectivity index (χ2v) is 11.9. The number of hydrogen-bond acceptors (Lipinski definition) is 7. The summed E-state index contributed by atoms with van der Waals surface area (Å²) >= 11 is 0. The molecular formula is C28H44N2O5. The first-order valence-electron chi connectivity index (χ1n) is 12.4. The Balaban J connectivity index is 2.37. The highest BCUT2D eigenvalue weighted by Gasteiger charge is 2.38. The molecule has 1 aromatic carbocycles. The van der Waals surface area contributed by atoms with Gasteiger partial charge in [-0.05, 0) is 34.8 Å². The number of ether oxygens (including phenoxy) is 3. The average molecular weight is 489 g/mol. The Kier molecular flexibility index (Phi) is 9.15. The highest BCUT2D eigenvalue weighted by Crippen LogP contribution is 2.42. The van der Waals surface area contributed by atoms with Crippen LogP contribution in [0.1, 0.15) is 79.9 Å². The Morgan fingerprint density at radius 3 is 1.97 bits per heavy atom. The molecule has 1 unspecified atom stereocenters. The number of rotatable bonds is 7. The lowest BCUT2D eigenvalue weighted by molar-refractivity contribution is -0.135. The maximum absolute atomic E-state index is 13.3. The van der Waals surface area contributed by atoms with Crippen molar-refractivity contribution in [2.24, 2.45) is 16.8 Å². The maximum atomic E-state index is 13.3. The van der Waals surface area contributed by atoms with E-state index in [9.17, 15) is 9.59 Å². The molecule has 4 atom stereocenters. The van der Waals surface area contributed by atoms with Gasteiger partial charge in [0.1, 0.15) is 17.8 Å². The van der Waals surface area contributed by atoms with Gasteiger partial charge in [0.2, 0.25) is 5.90 Å². The van der Waals surface area contributed by atoms with Crippen LogP contribution in [0.2, 0.25) is 0 Å². The van der Waals surface area contributed by atoms with Gasteiger partial charge in [-0.1, -0.05) is 62.3 Å². The molecule has 0 fully saturated rings. The summed E-state index contributed by atoms with van der Waals surface area (Å²) < 4.78 is 17.2. The smallest absolute Gasteiger partial charge is 0.311 e. The summed E-state index contributed by atoms with van der Waals surface area (Å²) in [6.45, 7) is 18.5. The molecule has 0 bridgehead atoms. The van der Waals surface area contributed by atoms with Crippen LogP contribution in [0.25, 0.3) is 0 Å². The summed E-state index contributed by atoms with van der Waals surface area (Å²) in [5, 5.41) is 3.34. The lowest BCUT2D eigenvalue weighted by atomic mass is 9.79. The Hall–Kier alpha value is -2.41. The van der Waals surface area contributed by atoms with Gasteiger partial charge in [-0.2, -0.15) is 0 Å². The van der Waals surface area contributed by atoms with Gasteiger partial charge in [-0.3, -0.25) is 10.1 Å². The molecule has 0 radical (unpaired) electrons. The zero-order valence-electron chi connectivity index (χ0n) is 23.3. The number of aldehydes is 1. The monoisotopic (exact) mass is 488 g/mol. The van der Waals surface area contributed by atoms with Gasteiger partial charge in [0.05, 0.1) is 38.8 Å². The van der Waals surface area contributed by atoms with Crippen LogP contribution in [0.5, 0.6) is 11.5 Å². The predicted molar refractivity (Wildman–Crippen MR) is 140 cm³/mol. The van der Waals surface area contributed by atoms with E-state index in [1.165, 1.54) is 0 Å². The number of carbonyl (C=O) groups excluding carboxylic acids is 2. The zero-order valence-corrected chi connectivity index (χ0v) is 23.3. The maximum Gasteiger partial charge on any atom is 0.311 e. The second-order valence-electron chi connectivity index (χ2n) is 11.9. The minimum absolute atomic E-state index is 0.136. The molecule has 35 heavy (non-hydrogen) atoms. The third-order valence-electron chi connectivity index (χ3n) is 6.51. The van der Waals surface area contributed by atoms with Crippen molar-refractivity contribution >= 4 is 18.2 Å². The fourth-order valence-corrected chi connectivity index (χ4v) is 4.44. The van der Waals surface area contributed by atoms with Crippen molar-refractivity contribution in [2.75, 3.05) is 14.2 Å². The van der Waals surface area contributed by atoms with Crippen LogP contribution in [0.4, 0.5) is 0 Å². The molecular weight excluding hydrogens is 444 g/mol. The molecule has 2 rings (SSSR count). The molecule has 1 aromatic rings. The third kappa shape index (κ3) is 6.84. The number of carbonyl (C=O) groups is 2. The molecule has 0 saturated carbocycles. The standard InChI is InChI=1S/C28H44N2O5/c1-16(2)23-21(15-31)29-24(26(30-23)34-11)17(3)12-22(32)35-25-19(27(4,5)6)13-18(33-10)14-20(25)28(7,8)9/h13-17,21,23-24,29H,12H2,1-11H3/t17-,21?,23+,24-/m0/s1. The molecule has 1 heterocycles. The van der Waals surface area contributed by atoms with Crippen LogP contribution >= 0.6 is 0 Å². The van der Waals surface area contributed by atoms with Crippen LogP contribution in [0.3, 0.4) is 0 Å². The lowest BCUT2D eigenvalue weighted by Crippen LogP contribution is -2.58. The van der Waals surface area contributed by atoms with E-state index >= 15 is 0 Å². The molecule has 1 aliphatic heterocycles. The molecule has 0 aliphatic carbocycles. The Bertz CT molecular complexity index is 905. The molecule has 196 valence electrons. The summed E-state index contributed by atoms with van der Waals surface area (Å²) in [4.78, 5) is 29.7. The SMILES string of the molecule is COC1=N[C@H](C(C)C)C(C=O)N[C@H]1[C@@H](C)CC(=O)Oc1c(C(C)(C)C)cc(OC)cc1C(C)(C)C. The molecule has 0 aromatic heterocycles. The predicted octanol–water partition coefficient (Wildman–Crippen LogP) is 4.83. The summed E-state index contributed by atoms with van der Waals surface area (Å²) in [5.41, 5.74) is 1.30. The molecule has 7 heteroatoms. The van der Waals surface area contributed by atoms with Crippen molar-refractivity contribution in [1.82, 2.24) is 5.32 Å². The number of nitrogens with zero attached hydrogens (tertiary/aromatic N) is 1. The fraction of sp³-hybridized carbons (Fsp3) is 0.679. The molecule has 7 nitrogen and oxygen atoms in total. The highest BCUT2D eigenvalue weighted by molar-refractivity contribution is 5.85. The number of esters is 1. The zero-order chi connectivity index (χ0) is 26.7. The van der Waals surface area contributed by atoms with E-state index in [1.807, 2.05) is 32.9 Å². The topological polar surface area (TPSA) is 86.2 Å². The minimum atomic E-state index is -0.432. The summed E-state index contributed by atoms with van der Waals surface area (Å²) in [6, 6.07) is 2.89. The Labute approximate surface area is 211 Å². The first kappa shape index (κ1) is 28.8. The van der Waals surface area contributed by atoms with Crippen molar-refractivity contribution in [3.05, 3.63) is 23.3 Å². The van der Waals surface area contributed by atoms with Crippen LogP contribution in [-0.4, -0.2) is 50.5 Å². The largest absolute Gasteiger partial charge is 0.497 e. The molecule has 0 saturated heterocycles. The minimum Gasteiger partial charge on any atom is -0.497 e. The van der Waals surface area contributed by atoms with E-state index in [1.54, 1.807) is 14.2 Å². The Morgan fingerprint density at radius 1 is 1.03 bits per heavy atom. The number of nitrogens with one attached hydrogen (secondary N) is 1. The van der Waals surface area contributed by atoms with Gasteiger partial charge in [0.25, 0.3) is 0 Å². The first-order valence-corrected chi connectivity index (χ1v) is 12.4. The normalized spacial score (nSPS) is 21.8. The van der Waals surface area contributed by atoms with E-state index in [0.29, 0.717) is 11.6 Å².